The molecule has 1 atom stereocenters. The number of hydrazine groups is 1. The van der Waals surface area contributed by atoms with Crippen LogP contribution in [0.1, 0.15) is 32.6 Å². The molecule has 1 unspecified atom stereocenters. The Kier molecular flexibility index (Phi) is 5.18. The molecule has 1 heterocycles. The largest absolute Gasteiger partial charge is 0.334 e. The third kappa shape index (κ3) is 3.91. The van der Waals surface area contributed by atoms with Crippen LogP contribution in [0.5, 0.6) is 0 Å². The molecule has 4 heteroatoms. The zero-order valence-corrected chi connectivity index (χ0v) is 9.46. The Bertz CT molecular complexity index is 218. The quantitative estimate of drug-likeness (QED) is 0.694. The second kappa shape index (κ2) is 6.45. The number of urea groups is 1. The van der Waals surface area contributed by atoms with E-state index >= 15 is 0 Å². The lowest BCUT2D eigenvalue weighted by molar-refractivity contribution is 0.0948. The maximum atomic E-state index is 11.4. The summed E-state index contributed by atoms with van der Waals surface area (Å²) >= 11 is 0. The van der Waals surface area contributed by atoms with Gasteiger partial charge >= 0.3 is 6.03 Å². The summed E-state index contributed by atoms with van der Waals surface area (Å²) in [6.07, 6.45) is 6.37. The van der Waals surface area contributed by atoms with E-state index in [4.69, 9.17) is 0 Å². The fourth-order valence-corrected chi connectivity index (χ4v) is 1.91. The number of carbonyl (C=O) groups is 1. The Balaban J connectivity index is 2.33. The van der Waals surface area contributed by atoms with E-state index in [1.54, 1.807) is 6.08 Å². The molecule has 1 rings (SSSR count). The number of rotatable bonds is 4. The summed E-state index contributed by atoms with van der Waals surface area (Å²) in [7, 11) is 0. The monoisotopic (exact) mass is 211 g/mol. The summed E-state index contributed by atoms with van der Waals surface area (Å²) in [5.41, 5.74) is 2.89. The normalized spacial score (nSPS) is 22.1. The first-order valence-corrected chi connectivity index (χ1v) is 5.70. The van der Waals surface area contributed by atoms with E-state index in [1.807, 2.05) is 0 Å². The lowest BCUT2D eigenvalue weighted by atomic mass is 10.0. The Morgan fingerprint density at radius 1 is 1.60 bits per heavy atom. The zero-order valence-electron chi connectivity index (χ0n) is 9.46. The summed E-state index contributed by atoms with van der Waals surface area (Å²) in [5.74, 6) is 0. The third-order valence-electron chi connectivity index (χ3n) is 2.75. The minimum Gasteiger partial charge on any atom is -0.334 e. The first-order chi connectivity index (χ1) is 7.27. The van der Waals surface area contributed by atoms with Crippen molar-refractivity contribution in [3.05, 3.63) is 12.7 Å². The van der Waals surface area contributed by atoms with E-state index in [0.717, 1.165) is 19.4 Å². The van der Waals surface area contributed by atoms with Crippen molar-refractivity contribution in [1.29, 1.82) is 0 Å². The first-order valence-electron chi connectivity index (χ1n) is 5.70. The number of piperidine rings is 1. The molecule has 1 fully saturated rings. The van der Waals surface area contributed by atoms with Crippen LogP contribution in [0.2, 0.25) is 0 Å². The van der Waals surface area contributed by atoms with Crippen molar-refractivity contribution in [3.63, 3.8) is 0 Å². The molecule has 0 aromatic heterocycles. The van der Waals surface area contributed by atoms with E-state index in [-0.39, 0.29) is 6.03 Å². The average Bonchev–Trinajstić information content (AvgIpc) is 2.27. The fraction of sp³-hybridized carbons (Fsp3) is 0.727. The van der Waals surface area contributed by atoms with Gasteiger partial charge in [0.2, 0.25) is 0 Å². The van der Waals surface area contributed by atoms with Crippen molar-refractivity contribution < 1.29 is 4.79 Å². The molecule has 2 amide bonds. The second-order valence-corrected chi connectivity index (χ2v) is 3.86. The molecule has 2 N–H and O–H groups in total. The number of nitrogens with one attached hydrogen (secondary N) is 2. The summed E-state index contributed by atoms with van der Waals surface area (Å²) in [6.45, 7) is 7.18. The number of amides is 2. The molecule has 0 spiro atoms. The molecule has 0 bridgehead atoms. The predicted octanol–water partition coefficient (Wildman–Crippen LogP) is 1.65. The molecule has 86 valence electrons. The van der Waals surface area contributed by atoms with Gasteiger partial charge in [0.05, 0.1) is 0 Å². The highest BCUT2D eigenvalue weighted by Gasteiger charge is 2.21. The van der Waals surface area contributed by atoms with Crippen molar-refractivity contribution >= 4 is 6.03 Å². The summed E-state index contributed by atoms with van der Waals surface area (Å²) in [5, 5.41) is 4.77. The van der Waals surface area contributed by atoms with Crippen LogP contribution in [-0.2, 0) is 0 Å². The maximum absolute atomic E-state index is 11.4. The third-order valence-corrected chi connectivity index (χ3v) is 2.75. The summed E-state index contributed by atoms with van der Waals surface area (Å²) in [6, 6.07) is 0.364. The molecule has 4 nitrogen and oxygen atoms in total. The van der Waals surface area contributed by atoms with Gasteiger partial charge in [-0.05, 0) is 19.3 Å². The van der Waals surface area contributed by atoms with Crippen LogP contribution in [-0.4, -0.2) is 30.2 Å². The highest BCUT2D eigenvalue weighted by atomic mass is 16.2. The van der Waals surface area contributed by atoms with Crippen LogP contribution < -0.4 is 10.7 Å². The van der Waals surface area contributed by atoms with Crippen LogP contribution in [0.3, 0.4) is 0 Å². The molecule has 0 aromatic carbocycles. The second-order valence-electron chi connectivity index (χ2n) is 3.86. The van der Waals surface area contributed by atoms with Gasteiger partial charge in [-0.3, -0.25) is 5.43 Å². The molecular weight excluding hydrogens is 190 g/mol. The first kappa shape index (κ1) is 12.0. The SMILES string of the molecule is C=CCNC(=O)NN1CCCCC1CC. The smallest absolute Gasteiger partial charge is 0.329 e. The van der Waals surface area contributed by atoms with E-state index in [0.29, 0.717) is 12.6 Å². The van der Waals surface area contributed by atoms with Crippen molar-refractivity contribution in [2.75, 3.05) is 13.1 Å². The van der Waals surface area contributed by atoms with Gasteiger partial charge in [0.25, 0.3) is 0 Å². The lowest BCUT2D eigenvalue weighted by Crippen LogP contribution is -2.53. The average molecular weight is 211 g/mol. The standard InChI is InChI=1S/C11H21N3O/c1-3-8-12-11(15)13-14-9-6-5-7-10(14)4-2/h3,10H,1,4-9H2,2H3,(H2,12,13,15). The van der Waals surface area contributed by atoms with Gasteiger partial charge in [0.1, 0.15) is 0 Å². The van der Waals surface area contributed by atoms with Gasteiger partial charge < -0.3 is 5.32 Å². The molecule has 1 aliphatic heterocycles. The lowest BCUT2D eigenvalue weighted by Gasteiger charge is -2.34. The van der Waals surface area contributed by atoms with Crippen molar-refractivity contribution in [2.24, 2.45) is 0 Å². The van der Waals surface area contributed by atoms with Crippen LogP contribution in [0, 0.1) is 0 Å². The molecule has 0 aliphatic carbocycles. The topological polar surface area (TPSA) is 44.4 Å². The molecular formula is C11H21N3O. The van der Waals surface area contributed by atoms with E-state index in [1.165, 1.54) is 12.8 Å². The van der Waals surface area contributed by atoms with Crippen molar-refractivity contribution in [3.8, 4) is 0 Å². The molecule has 0 radical (unpaired) electrons. The minimum atomic E-state index is -0.129. The van der Waals surface area contributed by atoms with Gasteiger partial charge in [0, 0.05) is 19.1 Å². The molecule has 0 aromatic rings. The zero-order chi connectivity index (χ0) is 11.1. The minimum absolute atomic E-state index is 0.129. The highest BCUT2D eigenvalue weighted by molar-refractivity contribution is 5.73. The Morgan fingerprint density at radius 2 is 2.40 bits per heavy atom. The summed E-state index contributed by atoms with van der Waals surface area (Å²) < 4.78 is 0. The van der Waals surface area contributed by atoms with E-state index in [2.05, 4.69) is 29.3 Å². The van der Waals surface area contributed by atoms with Crippen molar-refractivity contribution in [1.82, 2.24) is 15.8 Å². The van der Waals surface area contributed by atoms with Crippen LogP contribution in [0.25, 0.3) is 0 Å². The van der Waals surface area contributed by atoms with Crippen LogP contribution in [0.15, 0.2) is 12.7 Å². The number of nitrogens with zero attached hydrogens (tertiary/aromatic N) is 1. The van der Waals surface area contributed by atoms with Gasteiger partial charge in [-0.15, -0.1) is 6.58 Å². The number of hydrogen-bond acceptors (Lipinski definition) is 2. The fourth-order valence-electron chi connectivity index (χ4n) is 1.91. The van der Waals surface area contributed by atoms with Gasteiger partial charge in [-0.25, -0.2) is 9.80 Å². The maximum Gasteiger partial charge on any atom is 0.329 e. The number of hydrogen-bond donors (Lipinski definition) is 2. The van der Waals surface area contributed by atoms with E-state index in [9.17, 15) is 4.79 Å². The molecule has 1 aliphatic rings. The highest BCUT2D eigenvalue weighted by Crippen LogP contribution is 2.16. The van der Waals surface area contributed by atoms with E-state index < -0.39 is 0 Å². The molecule has 1 saturated heterocycles. The Hall–Kier alpha value is -1.03. The van der Waals surface area contributed by atoms with Crippen molar-refractivity contribution in [2.45, 2.75) is 38.6 Å². The van der Waals surface area contributed by atoms with Crippen LogP contribution in [0.4, 0.5) is 4.79 Å². The predicted molar refractivity (Wildman–Crippen MR) is 61.4 cm³/mol. The Labute approximate surface area is 91.7 Å². The molecule has 15 heavy (non-hydrogen) atoms. The summed E-state index contributed by atoms with van der Waals surface area (Å²) in [4.78, 5) is 11.4. The van der Waals surface area contributed by atoms with Gasteiger partial charge in [0.15, 0.2) is 0 Å². The Morgan fingerprint density at radius 3 is 3.07 bits per heavy atom. The van der Waals surface area contributed by atoms with Crippen LogP contribution >= 0.6 is 0 Å². The van der Waals surface area contributed by atoms with Gasteiger partial charge in [-0.2, -0.15) is 0 Å². The van der Waals surface area contributed by atoms with Gasteiger partial charge in [-0.1, -0.05) is 19.4 Å². The number of carbonyl (C=O) groups excluding carboxylic acids is 1. The molecule has 0 saturated carbocycles.